The number of nitrogens with zero attached hydrogens (tertiary/aromatic N) is 2. The van der Waals surface area contributed by atoms with E-state index in [1.807, 2.05) is 12.1 Å². The Balaban J connectivity index is 0.00000312. The molecule has 0 unspecified atom stereocenters. The van der Waals surface area contributed by atoms with Crippen LogP contribution in [0.4, 0.5) is 0 Å². The molecule has 0 spiro atoms. The van der Waals surface area contributed by atoms with Gasteiger partial charge in [-0.3, -0.25) is 4.90 Å². The molecule has 1 aromatic rings. The van der Waals surface area contributed by atoms with Crippen molar-refractivity contribution in [2.24, 2.45) is 15.3 Å². The smallest absolute Gasteiger partial charge is 0.318 e. The third-order valence-electron chi connectivity index (χ3n) is 3.84. The van der Waals surface area contributed by atoms with Crippen molar-refractivity contribution < 1.29 is 13.2 Å². The van der Waals surface area contributed by atoms with Crippen LogP contribution in [0.15, 0.2) is 28.7 Å². The van der Waals surface area contributed by atoms with Gasteiger partial charge in [0.1, 0.15) is 11.6 Å². The molecule has 1 fully saturated rings. The normalized spacial score (nSPS) is 15.7. The topological polar surface area (TPSA) is 111 Å². The molecule has 26 heavy (non-hydrogen) atoms. The number of benzene rings is 1. The number of ether oxygens (including phenoxy) is 1. The van der Waals surface area contributed by atoms with Gasteiger partial charge < -0.3 is 10.5 Å². The van der Waals surface area contributed by atoms with Gasteiger partial charge in [-0.2, -0.15) is 8.42 Å². The Hall–Kier alpha value is -1.06. The van der Waals surface area contributed by atoms with Crippen LogP contribution in [0, 0.1) is 0 Å². The van der Waals surface area contributed by atoms with Gasteiger partial charge in [-0.25, -0.2) is 5.14 Å². The quantitative estimate of drug-likeness (QED) is 0.376. The van der Waals surface area contributed by atoms with Crippen LogP contribution in [0.25, 0.3) is 0 Å². The summed E-state index contributed by atoms with van der Waals surface area (Å²) in [4.78, 5) is 2.47. The number of nitrogens with two attached hydrogens (primary N) is 2. The Labute approximate surface area is 168 Å². The molecule has 150 valence electrons. The zero-order chi connectivity index (χ0) is 17.4. The number of hydrogen-bond donors (Lipinski definition) is 2. The number of piperidine rings is 1. The van der Waals surface area contributed by atoms with E-state index in [2.05, 4.69) is 21.4 Å². The zero-order valence-corrected chi connectivity index (χ0v) is 17.1. The summed E-state index contributed by atoms with van der Waals surface area (Å²) in [5, 5.41) is 4.79. The highest BCUT2D eigenvalue weighted by atomic mass is 35.5. The fourth-order valence-electron chi connectivity index (χ4n) is 2.76. The van der Waals surface area contributed by atoms with E-state index in [4.69, 9.17) is 15.6 Å². The van der Waals surface area contributed by atoms with Crippen molar-refractivity contribution in [1.29, 1.82) is 0 Å². The molecular formula is C16H28Cl2N4O3S. The standard InChI is InChI=1S/C16H26N4O3S.2ClH/c17-16(19-24(18,21)22)8-5-11-23-15-7-4-6-14(12-15)13-20-9-2-1-3-10-20;;/h4,6-7,12H,1-3,5,8-11,13H2,(H2,17,19)(H2,18,21,22);2*1H. The molecule has 7 nitrogen and oxygen atoms in total. The predicted molar refractivity (Wildman–Crippen MR) is 110 cm³/mol. The molecule has 1 saturated heterocycles. The van der Waals surface area contributed by atoms with E-state index in [9.17, 15) is 8.42 Å². The van der Waals surface area contributed by atoms with Crippen LogP contribution in [0.5, 0.6) is 5.75 Å². The van der Waals surface area contributed by atoms with Gasteiger partial charge in [0.25, 0.3) is 0 Å². The molecule has 1 aliphatic heterocycles. The number of amidine groups is 1. The first-order valence-electron chi connectivity index (χ1n) is 8.23. The lowest BCUT2D eigenvalue weighted by Gasteiger charge is -2.26. The second-order valence-corrected chi connectivity index (χ2v) is 7.25. The van der Waals surface area contributed by atoms with Crippen molar-refractivity contribution in [3.63, 3.8) is 0 Å². The highest BCUT2D eigenvalue weighted by Crippen LogP contribution is 2.17. The lowest BCUT2D eigenvalue weighted by atomic mass is 10.1. The maximum Gasteiger partial charge on any atom is 0.318 e. The summed E-state index contributed by atoms with van der Waals surface area (Å²) in [6.07, 6.45) is 4.78. The third kappa shape index (κ3) is 10.2. The highest BCUT2D eigenvalue weighted by molar-refractivity contribution is 7.88. The van der Waals surface area contributed by atoms with Crippen molar-refractivity contribution in [3.05, 3.63) is 29.8 Å². The molecule has 4 N–H and O–H groups in total. The van der Waals surface area contributed by atoms with E-state index in [1.165, 1.54) is 24.8 Å². The summed E-state index contributed by atoms with van der Waals surface area (Å²) in [6.45, 7) is 3.71. The number of hydrogen-bond acceptors (Lipinski definition) is 4. The summed E-state index contributed by atoms with van der Waals surface area (Å²) < 4.78 is 30.5. The first kappa shape index (κ1) is 24.9. The minimum Gasteiger partial charge on any atom is -0.494 e. The third-order valence-corrected chi connectivity index (χ3v) is 4.33. The van der Waals surface area contributed by atoms with E-state index in [-0.39, 0.29) is 30.6 Å². The Morgan fingerprint density at radius 1 is 1.19 bits per heavy atom. The summed E-state index contributed by atoms with van der Waals surface area (Å²) in [5.41, 5.74) is 6.74. The van der Waals surface area contributed by atoms with Gasteiger partial charge in [-0.1, -0.05) is 18.6 Å². The first-order chi connectivity index (χ1) is 11.4. The summed E-state index contributed by atoms with van der Waals surface area (Å²) >= 11 is 0. The van der Waals surface area contributed by atoms with Gasteiger partial charge >= 0.3 is 10.2 Å². The molecule has 1 heterocycles. The van der Waals surface area contributed by atoms with Gasteiger partial charge in [-0.15, -0.1) is 29.2 Å². The van der Waals surface area contributed by atoms with Gasteiger partial charge in [0.2, 0.25) is 0 Å². The van der Waals surface area contributed by atoms with Gasteiger partial charge in [-0.05, 0) is 50.0 Å². The highest BCUT2D eigenvalue weighted by Gasteiger charge is 2.10. The Kier molecular flexibility index (Phi) is 11.8. The fraction of sp³-hybridized carbons (Fsp3) is 0.562. The van der Waals surface area contributed by atoms with Gasteiger partial charge in [0, 0.05) is 13.0 Å². The number of likely N-dealkylation sites (tertiary alicyclic amines) is 1. The molecule has 0 saturated carbocycles. The van der Waals surface area contributed by atoms with Crippen LogP contribution in [-0.4, -0.2) is 38.8 Å². The first-order valence-corrected chi connectivity index (χ1v) is 9.74. The SMILES string of the molecule is Cl.Cl.NC(CCCOc1cccc(CN2CCCCC2)c1)=NS(N)(=O)=O. The zero-order valence-electron chi connectivity index (χ0n) is 14.7. The molecule has 0 atom stereocenters. The molecule has 1 aromatic carbocycles. The molecule has 0 aliphatic carbocycles. The van der Waals surface area contributed by atoms with Gasteiger partial charge in [0.05, 0.1) is 6.61 Å². The van der Waals surface area contributed by atoms with E-state index < -0.39 is 10.2 Å². The minimum atomic E-state index is -3.91. The van der Waals surface area contributed by atoms with E-state index >= 15 is 0 Å². The summed E-state index contributed by atoms with van der Waals surface area (Å²) in [7, 11) is -3.91. The van der Waals surface area contributed by atoms with Crippen LogP contribution in [-0.2, 0) is 16.8 Å². The van der Waals surface area contributed by atoms with Crippen LogP contribution < -0.4 is 15.6 Å². The lowest BCUT2D eigenvalue weighted by molar-refractivity contribution is 0.220. The minimum absolute atomic E-state index is 0. The maximum atomic E-state index is 10.8. The van der Waals surface area contributed by atoms with Gasteiger partial charge in [0.15, 0.2) is 0 Å². The molecular weight excluding hydrogens is 399 g/mol. The van der Waals surface area contributed by atoms with E-state index in [0.29, 0.717) is 19.4 Å². The molecule has 2 rings (SSSR count). The second-order valence-electron chi connectivity index (χ2n) is 6.03. The molecule has 0 aromatic heterocycles. The Morgan fingerprint density at radius 2 is 1.88 bits per heavy atom. The largest absolute Gasteiger partial charge is 0.494 e. The van der Waals surface area contributed by atoms with Crippen molar-refractivity contribution in [1.82, 2.24) is 4.90 Å². The molecule has 10 heteroatoms. The molecule has 0 bridgehead atoms. The van der Waals surface area contributed by atoms with Crippen LogP contribution in [0.3, 0.4) is 0 Å². The average Bonchev–Trinajstić information content (AvgIpc) is 2.51. The molecule has 0 amide bonds. The Morgan fingerprint density at radius 3 is 2.54 bits per heavy atom. The van der Waals surface area contributed by atoms with Crippen LogP contribution in [0.2, 0.25) is 0 Å². The van der Waals surface area contributed by atoms with Crippen LogP contribution >= 0.6 is 24.8 Å². The molecule has 0 radical (unpaired) electrons. The maximum absolute atomic E-state index is 10.8. The van der Waals surface area contributed by atoms with E-state index in [1.54, 1.807) is 0 Å². The van der Waals surface area contributed by atoms with Crippen LogP contribution in [0.1, 0.15) is 37.7 Å². The van der Waals surface area contributed by atoms with Crippen molar-refractivity contribution >= 4 is 40.9 Å². The Bertz CT molecular complexity index is 665. The van der Waals surface area contributed by atoms with Crippen molar-refractivity contribution in [2.75, 3.05) is 19.7 Å². The average molecular weight is 427 g/mol. The monoisotopic (exact) mass is 426 g/mol. The van der Waals surface area contributed by atoms with Crippen molar-refractivity contribution in [3.8, 4) is 5.75 Å². The fourth-order valence-corrected chi connectivity index (χ4v) is 3.18. The van der Waals surface area contributed by atoms with E-state index in [0.717, 1.165) is 25.4 Å². The second kappa shape index (κ2) is 12.3. The lowest BCUT2D eigenvalue weighted by Crippen LogP contribution is -2.29. The summed E-state index contributed by atoms with van der Waals surface area (Å²) in [5.74, 6) is 0.811. The predicted octanol–water partition coefficient (Wildman–Crippen LogP) is 2.24. The molecule has 1 aliphatic rings. The number of rotatable bonds is 8. The number of halogens is 2. The van der Waals surface area contributed by atoms with Crippen molar-refractivity contribution in [2.45, 2.75) is 38.6 Å². The summed E-state index contributed by atoms with van der Waals surface area (Å²) in [6, 6.07) is 8.07.